The lowest BCUT2D eigenvalue weighted by atomic mass is 10.2. The Labute approximate surface area is 111 Å². The van der Waals surface area contributed by atoms with Gasteiger partial charge in [-0.05, 0) is 31.0 Å². The minimum Gasteiger partial charge on any atom is -0.451 e. The maximum absolute atomic E-state index is 11.8. The first kappa shape index (κ1) is 13.1. The van der Waals surface area contributed by atoms with Gasteiger partial charge in [0.2, 0.25) is 6.41 Å². The van der Waals surface area contributed by atoms with Crippen molar-refractivity contribution < 1.29 is 14.0 Å². The van der Waals surface area contributed by atoms with E-state index in [4.69, 9.17) is 4.42 Å². The zero-order valence-corrected chi connectivity index (χ0v) is 10.7. The fourth-order valence-corrected chi connectivity index (χ4v) is 1.79. The number of fused-ring (bicyclic) bond motifs is 1. The van der Waals surface area contributed by atoms with Gasteiger partial charge in [0, 0.05) is 18.5 Å². The third-order valence-corrected chi connectivity index (χ3v) is 2.77. The lowest BCUT2D eigenvalue weighted by Gasteiger charge is -2.01. The summed E-state index contributed by atoms with van der Waals surface area (Å²) in [6.45, 7) is 3.01. The summed E-state index contributed by atoms with van der Waals surface area (Å²) < 4.78 is 5.51. The number of aryl methyl sites for hydroxylation is 1. The molecule has 0 aliphatic heterocycles. The maximum atomic E-state index is 11.8. The smallest absolute Gasteiger partial charge is 0.287 e. The van der Waals surface area contributed by atoms with Gasteiger partial charge < -0.3 is 15.1 Å². The van der Waals surface area contributed by atoms with Crippen LogP contribution < -0.4 is 10.6 Å². The van der Waals surface area contributed by atoms with E-state index in [0.717, 1.165) is 10.9 Å². The first-order valence-corrected chi connectivity index (χ1v) is 6.16. The highest BCUT2D eigenvalue weighted by Crippen LogP contribution is 2.20. The van der Waals surface area contributed by atoms with Crippen LogP contribution in [0.25, 0.3) is 11.0 Å². The van der Waals surface area contributed by atoms with Crippen LogP contribution in [0.15, 0.2) is 28.7 Å². The van der Waals surface area contributed by atoms with Crippen molar-refractivity contribution in [3.63, 3.8) is 0 Å². The van der Waals surface area contributed by atoms with E-state index in [9.17, 15) is 9.59 Å². The van der Waals surface area contributed by atoms with Crippen molar-refractivity contribution in [3.8, 4) is 0 Å². The van der Waals surface area contributed by atoms with E-state index in [1.165, 1.54) is 0 Å². The lowest BCUT2D eigenvalue weighted by Crippen LogP contribution is -2.26. The quantitative estimate of drug-likeness (QED) is 0.612. The minimum atomic E-state index is -0.236. The van der Waals surface area contributed by atoms with E-state index in [2.05, 4.69) is 10.6 Å². The number of benzene rings is 1. The number of carbonyl (C=O) groups is 2. The second-order valence-electron chi connectivity index (χ2n) is 4.33. The lowest BCUT2D eigenvalue weighted by molar-refractivity contribution is -0.109. The molecule has 0 fully saturated rings. The molecule has 0 saturated heterocycles. The van der Waals surface area contributed by atoms with Crippen LogP contribution >= 0.6 is 0 Å². The molecule has 0 bridgehead atoms. The van der Waals surface area contributed by atoms with E-state index in [0.29, 0.717) is 37.3 Å². The third-order valence-electron chi connectivity index (χ3n) is 2.77. The molecule has 1 aromatic heterocycles. The molecular formula is C14H16N2O3. The van der Waals surface area contributed by atoms with Gasteiger partial charge in [-0.1, -0.05) is 12.1 Å². The summed E-state index contributed by atoms with van der Waals surface area (Å²) >= 11 is 0. The van der Waals surface area contributed by atoms with Crippen molar-refractivity contribution in [3.05, 3.63) is 35.6 Å². The van der Waals surface area contributed by atoms with E-state index in [1.807, 2.05) is 25.1 Å². The molecule has 0 aliphatic carbocycles. The fraction of sp³-hybridized carbons (Fsp3) is 0.286. The van der Waals surface area contributed by atoms with Crippen molar-refractivity contribution in [1.82, 2.24) is 10.6 Å². The average Bonchev–Trinajstić information content (AvgIpc) is 2.81. The highest BCUT2D eigenvalue weighted by atomic mass is 16.3. The van der Waals surface area contributed by atoms with Crippen LogP contribution in [0.3, 0.4) is 0 Å². The topological polar surface area (TPSA) is 71.3 Å². The zero-order chi connectivity index (χ0) is 13.7. The Morgan fingerprint density at radius 3 is 2.95 bits per heavy atom. The fourth-order valence-electron chi connectivity index (χ4n) is 1.79. The molecule has 1 aromatic carbocycles. The maximum Gasteiger partial charge on any atom is 0.287 e. The molecule has 5 nitrogen and oxygen atoms in total. The first-order valence-electron chi connectivity index (χ1n) is 6.16. The number of rotatable bonds is 6. The highest BCUT2D eigenvalue weighted by Gasteiger charge is 2.11. The van der Waals surface area contributed by atoms with Gasteiger partial charge in [-0.2, -0.15) is 0 Å². The Bertz CT molecular complexity index is 589. The molecule has 2 aromatic rings. The molecule has 100 valence electrons. The molecule has 1 heterocycles. The van der Waals surface area contributed by atoms with Crippen LogP contribution in [-0.4, -0.2) is 25.4 Å². The van der Waals surface area contributed by atoms with Crippen molar-refractivity contribution in [1.29, 1.82) is 0 Å². The monoisotopic (exact) mass is 260 g/mol. The predicted molar refractivity (Wildman–Crippen MR) is 72.0 cm³/mol. The summed E-state index contributed by atoms with van der Waals surface area (Å²) in [5, 5.41) is 6.19. The Kier molecular flexibility index (Phi) is 4.18. The largest absolute Gasteiger partial charge is 0.451 e. The molecule has 2 N–H and O–H groups in total. The van der Waals surface area contributed by atoms with Crippen molar-refractivity contribution >= 4 is 23.3 Å². The summed E-state index contributed by atoms with van der Waals surface area (Å²) in [4.78, 5) is 21.9. The van der Waals surface area contributed by atoms with Crippen LogP contribution in [0, 0.1) is 6.92 Å². The van der Waals surface area contributed by atoms with Crippen LogP contribution in [0.5, 0.6) is 0 Å². The summed E-state index contributed by atoms with van der Waals surface area (Å²) in [7, 11) is 0. The number of nitrogens with one attached hydrogen (secondary N) is 2. The summed E-state index contributed by atoms with van der Waals surface area (Å²) in [5.74, 6) is 0.0731. The van der Waals surface area contributed by atoms with E-state index in [-0.39, 0.29) is 5.91 Å². The summed E-state index contributed by atoms with van der Waals surface area (Å²) in [6, 6.07) is 7.54. The molecule has 0 atom stereocenters. The molecular weight excluding hydrogens is 244 g/mol. The molecule has 19 heavy (non-hydrogen) atoms. The molecule has 0 spiro atoms. The Morgan fingerprint density at radius 1 is 1.32 bits per heavy atom. The van der Waals surface area contributed by atoms with Crippen molar-refractivity contribution in [2.45, 2.75) is 13.3 Å². The SMILES string of the molecule is Cc1ccc2cc(C(=O)NCCCNC=O)oc2c1. The summed E-state index contributed by atoms with van der Waals surface area (Å²) in [5.41, 5.74) is 1.81. The minimum absolute atomic E-state index is 0.236. The van der Waals surface area contributed by atoms with Crippen LogP contribution in [0.2, 0.25) is 0 Å². The van der Waals surface area contributed by atoms with Crippen LogP contribution in [-0.2, 0) is 4.79 Å². The number of furan rings is 1. The second-order valence-corrected chi connectivity index (χ2v) is 4.33. The zero-order valence-electron chi connectivity index (χ0n) is 10.7. The van der Waals surface area contributed by atoms with Crippen molar-refractivity contribution in [2.75, 3.05) is 13.1 Å². The third kappa shape index (κ3) is 3.34. The van der Waals surface area contributed by atoms with Gasteiger partial charge in [0.15, 0.2) is 5.76 Å². The van der Waals surface area contributed by atoms with Gasteiger partial charge in [-0.15, -0.1) is 0 Å². The number of hydrogen-bond acceptors (Lipinski definition) is 3. The molecule has 2 amide bonds. The normalized spacial score (nSPS) is 10.4. The van der Waals surface area contributed by atoms with Crippen molar-refractivity contribution in [2.24, 2.45) is 0 Å². The molecule has 5 heteroatoms. The molecule has 0 unspecified atom stereocenters. The number of carbonyl (C=O) groups excluding carboxylic acids is 2. The van der Waals surface area contributed by atoms with Gasteiger partial charge in [-0.3, -0.25) is 9.59 Å². The average molecular weight is 260 g/mol. The number of amides is 2. The second kappa shape index (κ2) is 6.04. The summed E-state index contributed by atoms with van der Waals surface area (Å²) in [6.07, 6.45) is 1.33. The van der Waals surface area contributed by atoms with E-state index < -0.39 is 0 Å². The Balaban J connectivity index is 1.95. The van der Waals surface area contributed by atoms with Gasteiger partial charge in [0.1, 0.15) is 5.58 Å². The molecule has 0 aliphatic rings. The predicted octanol–water partition coefficient (Wildman–Crippen LogP) is 1.61. The van der Waals surface area contributed by atoms with Gasteiger partial charge >= 0.3 is 0 Å². The Hall–Kier alpha value is -2.30. The first-order chi connectivity index (χ1) is 9.20. The van der Waals surface area contributed by atoms with Crippen LogP contribution in [0.4, 0.5) is 0 Å². The van der Waals surface area contributed by atoms with Crippen LogP contribution in [0.1, 0.15) is 22.5 Å². The highest BCUT2D eigenvalue weighted by molar-refractivity contribution is 5.96. The van der Waals surface area contributed by atoms with Gasteiger partial charge in [0.05, 0.1) is 0 Å². The Morgan fingerprint density at radius 2 is 2.16 bits per heavy atom. The number of hydrogen-bond donors (Lipinski definition) is 2. The molecule has 0 radical (unpaired) electrons. The molecule has 2 rings (SSSR count). The standard InChI is InChI=1S/C14H16N2O3/c1-10-3-4-11-8-13(19-12(11)7-10)14(18)16-6-2-5-15-9-17/h3-4,7-9H,2,5-6H2,1H3,(H,15,17)(H,16,18). The molecule has 0 saturated carbocycles. The van der Waals surface area contributed by atoms with Gasteiger partial charge in [-0.25, -0.2) is 0 Å². The van der Waals surface area contributed by atoms with E-state index in [1.54, 1.807) is 6.07 Å². The van der Waals surface area contributed by atoms with E-state index >= 15 is 0 Å². The van der Waals surface area contributed by atoms with Gasteiger partial charge in [0.25, 0.3) is 5.91 Å².